The zero-order valence-electron chi connectivity index (χ0n) is 15.0. The minimum atomic E-state index is 0.645. The summed E-state index contributed by atoms with van der Waals surface area (Å²) in [6, 6.07) is 0. The van der Waals surface area contributed by atoms with Crippen molar-refractivity contribution in [2.75, 3.05) is 0 Å². The van der Waals surface area contributed by atoms with Gasteiger partial charge in [-0.05, 0) is 59.2 Å². The molecular formula is C20H34B. The first kappa shape index (κ1) is 14.6. The van der Waals surface area contributed by atoms with Crippen molar-refractivity contribution in [1.29, 1.82) is 0 Å². The molecule has 8 atom stereocenters. The van der Waals surface area contributed by atoms with Gasteiger partial charge >= 0.3 is 0 Å². The molecule has 0 unspecified atom stereocenters. The number of rotatable bonds is 2. The molecule has 6 fully saturated rings. The molecule has 0 aromatic carbocycles. The lowest BCUT2D eigenvalue weighted by atomic mass is 9.31. The molecule has 0 spiro atoms. The van der Waals surface area contributed by atoms with Gasteiger partial charge in [0, 0.05) is 0 Å². The van der Waals surface area contributed by atoms with Crippen LogP contribution in [0.5, 0.6) is 0 Å². The Balaban J connectivity index is 1.42. The summed E-state index contributed by atoms with van der Waals surface area (Å²) in [5.74, 6) is 7.76. The van der Waals surface area contributed by atoms with Crippen LogP contribution in [0.1, 0.15) is 67.2 Å². The summed E-state index contributed by atoms with van der Waals surface area (Å²) >= 11 is 0. The van der Waals surface area contributed by atoms with Crippen molar-refractivity contribution in [1.82, 2.24) is 0 Å². The monoisotopic (exact) mass is 285 g/mol. The second-order valence-corrected chi connectivity index (χ2v) is 10.4. The highest BCUT2D eigenvalue weighted by atomic mass is 14.6. The first-order valence-corrected chi connectivity index (χ1v) is 9.58. The lowest BCUT2D eigenvalue weighted by Crippen LogP contribution is -2.57. The fraction of sp³-hybridized carbons (Fsp3) is 1.00. The Hall–Kier alpha value is 0.0649. The Bertz CT molecular complexity index is 397. The van der Waals surface area contributed by atoms with Crippen molar-refractivity contribution >= 4 is 7.28 Å². The predicted molar refractivity (Wildman–Crippen MR) is 91.6 cm³/mol. The summed E-state index contributed by atoms with van der Waals surface area (Å²) in [6.45, 7) is 15.2. The van der Waals surface area contributed by atoms with Crippen molar-refractivity contribution in [3.63, 3.8) is 0 Å². The molecule has 0 nitrogen and oxygen atoms in total. The Morgan fingerprint density at radius 1 is 0.667 bits per heavy atom. The third-order valence-electron chi connectivity index (χ3n) is 9.32. The Morgan fingerprint density at radius 3 is 1.33 bits per heavy atom. The third-order valence-corrected chi connectivity index (χ3v) is 9.32. The minimum absolute atomic E-state index is 0.645. The molecule has 6 aliphatic rings. The van der Waals surface area contributed by atoms with Gasteiger partial charge in [-0.3, -0.25) is 0 Å². The molecule has 4 bridgehead atoms. The molecular weight excluding hydrogens is 251 g/mol. The predicted octanol–water partition coefficient (Wildman–Crippen LogP) is 5.67. The highest BCUT2D eigenvalue weighted by Gasteiger charge is 2.59. The van der Waals surface area contributed by atoms with Gasteiger partial charge in [0.25, 0.3) is 0 Å². The molecule has 21 heavy (non-hydrogen) atoms. The van der Waals surface area contributed by atoms with E-state index in [2.05, 4.69) is 48.8 Å². The SMILES string of the molecule is C[C@@H]1[C@H]([B][C@@H]2C[C@@H]3C[C@@H]([C@@H]2C)C3(C)C)C[C@@H]2C[C@@H]1C2(C)C. The molecule has 6 aliphatic carbocycles. The lowest BCUT2D eigenvalue weighted by molar-refractivity contribution is -0.106. The summed E-state index contributed by atoms with van der Waals surface area (Å²) in [5.41, 5.74) is 1.29. The first-order chi connectivity index (χ1) is 9.73. The van der Waals surface area contributed by atoms with Crippen molar-refractivity contribution in [3.05, 3.63) is 0 Å². The van der Waals surface area contributed by atoms with Crippen molar-refractivity contribution < 1.29 is 0 Å². The van der Waals surface area contributed by atoms with Crippen molar-refractivity contribution in [3.8, 4) is 0 Å². The molecule has 0 aliphatic heterocycles. The highest BCUT2D eigenvalue weighted by Crippen LogP contribution is 2.68. The Labute approximate surface area is 133 Å². The fourth-order valence-electron chi connectivity index (χ4n) is 7.21. The number of fused-ring (bicyclic) bond motifs is 4. The smallest absolute Gasteiger partial charge is 0.0655 e. The molecule has 0 saturated heterocycles. The molecule has 0 heterocycles. The number of hydrogen-bond donors (Lipinski definition) is 0. The van der Waals surface area contributed by atoms with Gasteiger partial charge < -0.3 is 0 Å². The van der Waals surface area contributed by atoms with E-state index in [1.165, 1.54) is 25.7 Å². The van der Waals surface area contributed by atoms with Crippen LogP contribution in [-0.4, -0.2) is 7.28 Å². The van der Waals surface area contributed by atoms with Crippen molar-refractivity contribution in [2.24, 2.45) is 46.3 Å². The second-order valence-electron chi connectivity index (χ2n) is 10.4. The average molecular weight is 285 g/mol. The van der Waals surface area contributed by atoms with Gasteiger partial charge in [0.05, 0.1) is 0 Å². The zero-order chi connectivity index (χ0) is 15.2. The third kappa shape index (κ3) is 1.81. The Morgan fingerprint density at radius 2 is 1.05 bits per heavy atom. The second kappa shape index (κ2) is 4.32. The minimum Gasteiger partial charge on any atom is -0.0655 e. The quantitative estimate of drug-likeness (QED) is 0.573. The first-order valence-electron chi connectivity index (χ1n) is 9.58. The van der Waals surface area contributed by atoms with Gasteiger partial charge in [-0.1, -0.05) is 66.0 Å². The maximum Gasteiger partial charge on any atom is 0.118 e. The average Bonchev–Trinajstić information content (AvgIpc) is 2.41. The van der Waals surface area contributed by atoms with E-state index in [-0.39, 0.29) is 0 Å². The van der Waals surface area contributed by atoms with E-state index in [4.69, 9.17) is 0 Å². The zero-order valence-corrected chi connectivity index (χ0v) is 15.0. The van der Waals surface area contributed by atoms with Gasteiger partial charge in [0.2, 0.25) is 0 Å². The molecule has 6 rings (SSSR count). The summed E-state index contributed by atoms with van der Waals surface area (Å²) < 4.78 is 0. The van der Waals surface area contributed by atoms with E-state index in [9.17, 15) is 0 Å². The molecule has 0 aromatic rings. The standard InChI is InChI=1S/C20H34B/c1-11-15-7-13(19(15,3)4)9-17(11)21-18-10-14-8-16(12(18)2)20(14,5)6/h11-18H,7-10H2,1-6H3/t11-,12-,13-,14-,15-,16-,17+,18+/m0/s1. The van der Waals surface area contributed by atoms with Gasteiger partial charge in [0.1, 0.15) is 7.28 Å². The topological polar surface area (TPSA) is 0 Å². The maximum absolute atomic E-state index is 2.86. The van der Waals surface area contributed by atoms with Gasteiger partial charge in [-0.2, -0.15) is 0 Å². The van der Waals surface area contributed by atoms with E-state index in [0.29, 0.717) is 10.8 Å². The van der Waals surface area contributed by atoms with Crippen LogP contribution in [0.15, 0.2) is 0 Å². The van der Waals surface area contributed by atoms with E-state index >= 15 is 0 Å². The fourth-order valence-corrected chi connectivity index (χ4v) is 7.21. The number of hydrogen-bond acceptors (Lipinski definition) is 0. The molecule has 0 amide bonds. The van der Waals surface area contributed by atoms with Gasteiger partial charge in [0.15, 0.2) is 0 Å². The van der Waals surface area contributed by atoms with E-state index in [1.54, 1.807) is 0 Å². The van der Waals surface area contributed by atoms with Crippen LogP contribution in [0.25, 0.3) is 0 Å². The van der Waals surface area contributed by atoms with Crippen LogP contribution in [-0.2, 0) is 0 Å². The Kier molecular flexibility index (Phi) is 3.02. The molecule has 0 N–H and O–H groups in total. The van der Waals surface area contributed by atoms with Crippen LogP contribution in [0.4, 0.5) is 0 Å². The summed E-state index contributed by atoms with van der Waals surface area (Å²) in [7, 11) is 2.86. The van der Waals surface area contributed by atoms with Crippen LogP contribution < -0.4 is 0 Å². The largest absolute Gasteiger partial charge is 0.118 e. The molecule has 1 heteroatoms. The summed E-state index contributed by atoms with van der Waals surface area (Å²) in [5, 5.41) is 0. The van der Waals surface area contributed by atoms with Crippen molar-refractivity contribution in [2.45, 2.75) is 78.9 Å². The van der Waals surface area contributed by atoms with Gasteiger partial charge in [-0.15, -0.1) is 0 Å². The summed E-state index contributed by atoms with van der Waals surface area (Å²) in [6.07, 6.45) is 6.03. The van der Waals surface area contributed by atoms with E-state index < -0.39 is 0 Å². The molecule has 117 valence electrons. The van der Waals surface area contributed by atoms with Gasteiger partial charge in [-0.25, -0.2) is 0 Å². The summed E-state index contributed by atoms with van der Waals surface area (Å²) in [4.78, 5) is 0. The van der Waals surface area contributed by atoms with Crippen LogP contribution in [0.3, 0.4) is 0 Å². The molecule has 6 saturated carbocycles. The van der Waals surface area contributed by atoms with Crippen LogP contribution in [0.2, 0.25) is 11.6 Å². The maximum atomic E-state index is 2.86. The van der Waals surface area contributed by atoms with E-state index in [1.807, 2.05) is 0 Å². The molecule has 0 aromatic heterocycles. The van der Waals surface area contributed by atoms with E-state index in [0.717, 1.165) is 47.1 Å². The van der Waals surface area contributed by atoms with Crippen LogP contribution >= 0.6 is 0 Å². The highest BCUT2D eigenvalue weighted by molar-refractivity contribution is 6.40. The normalized spacial score (nSPS) is 56.1. The lowest BCUT2D eigenvalue weighted by Gasteiger charge is -2.65. The molecule has 1 radical (unpaired) electrons. The van der Waals surface area contributed by atoms with Crippen LogP contribution in [0, 0.1) is 46.3 Å².